The minimum atomic E-state index is 0.228. The molecule has 0 aliphatic rings. The Morgan fingerprint density at radius 1 is 0.947 bits per heavy atom. The molecule has 0 radical (unpaired) electrons. The predicted octanol–water partition coefficient (Wildman–Crippen LogP) is 3.65. The monoisotopic (exact) mass is 366 g/mol. The molecule has 0 aliphatic carbocycles. The molecule has 0 amide bonds. The highest BCUT2D eigenvalue weighted by Crippen LogP contribution is 2.13. The molecule has 0 N–H and O–H groups in total. The van der Waals surface area contributed by atoms with E-state index in [0.29, 0.717) is 12.8 Å². The quantitative estimate of drug-likeness (QED) is 0.756. The highest BCUT2D eigenvalue weighted by atomic mass is 127. The number of benzene rings is 2. The van der Waals surface area contributed by atoms with Crippen molar-refractivity contribution in [2.75, 3.05) is 7.11 Å². The largest absolute Gasteiger partial charge is 0.497 e. The summed E-state index contributed by atoms with van der Waals surface area (Å²) in [5.41, 5.74) is 2.09. The van der Waals surface area contributed by atoms with Crippen molar-refractivity contribution in [2.24, 2.45) is 0 Å². The van der Waals surface area contributed by atoms with Crippen molar-refractivity contribution in [2.45, 2.75) is 12.8 Å². The van der Waals surface area contributed by atoms with E-state index in [1.54, 1.807) is 7.11 Å². The van der Waals surface area contributed by atoms with E-state index >= 15 is 0 Å². The third-order valence-corrected chi connectivity index (χ3v) is 3.59. The first-order valence-corrected chi connectivity index (χ1v) is 7.14. The van der Waals surface area contributed by atoms with E-state index in [1.807, 2.05) is 48.5 Å². The van der Waals surface area contributed by atoms with Crippen LogP contribution in [0.3, 0.4) is 0 Å². The molecule has 2 nitrogen and oxygen atoms in total. The van der Waals surface area contributed by atoms with Crippen molar-refractivity contribution in [3.05, 3.63) is 63.2 Å². The van der Waals surface area contributed by atoms with Crippen LogP contribution >= 0.6 is 22.6 Å². The topological polar surface area (TPSA) is 26.3 Å². The molecule has 19 heavy (non-hydrogen) atoms. The van der Waals surface area contributed by atoms with Crippen LogP contribution in [0.25, 0.3) is 0 Å². The van der Waals surface area contributed by atoms with Gasteiger partial charge in [0, 0.05) is 16.4 Å². The van der Waals surface area contributed by atoms with Crippen LogP contribution in [0.2, 0.25) is 0 Å². The number of carbonyl (C=O) groups is 1. The van der Waals surface area contributed by atoms with Gasteiger partial charge in [-0.2, -0.15) is 0 Å². The Kier molecular flexibility index (Phi) is 4.96. The molecule has 2 rings (SSSR count). The molecule has 0 atom stereocenters. The van der Waals surface area contributed by atoms with E-state index < -0.39 is 0 Å². The highest BCUT2D eigenvalue weighted by molar-refractivity contribution is 14.1. The van der Waals surface area contributed by atoms with Gasteiger partial charge in [-0.05, 0) is 58.0 Å². The van der Waals surface area contributed by atoms with Crippen LogP contribution < -0.4 is 4.74 Å². The summed E-state index contributed by atoms with van der Waals surface area (Å²) in [6.45, 7) is 0. The van der Waals surface area contributed by atoms with E-state index in [0.717, 1.165) is 16.9 Å². The molecule has 0 unspecified atom stereocenters. The standard InChI is InChI=1S/C16H15IO2/c1-19-16-8-4-13(5-9-16)11-15(18)10-12-2-6-14(17)7-3-12/h2-9H,10-11H2,1H3. The number of rotatable bonds is 5. The van der Waals surface area contributed by atoms with Crippen LogP contribution in [-0.4, -0.2) is 12.9 Å². The second-order valence-electron chi connectivity index (χ2n) is 4.37. The van der Waals surface area contributed by atoms with Crippen molar-refractivity contribution < 1.29 is 9.53 Å². The number of hydrogen-bond acceptors (Lipinski definition) is 2. The van der Waals surface area contributed by atoms with Crippen molar-refractivity contribution in [3.8, 4) is 5.75 Å². The summed E-state index contributed by atoms with van der Waals surface area (Å²) in [5, 5.41) is 0. The Bertz CT molecular complexity index is 544. The summed E-state index contributed by atoms with van der Waals surface area (Å²) >= 11 is 2.26. The summed E-state index contributed by atoms with van der Waals surface area (Å²) in [5.74, 6) is 1.04. The van der Waals surface area contributed by atoms with Crippen LogP contribution in [0.4, 0.5) is 0 Å². The zero-order chi connectivity index (χ0) is 13.7. The molecule has 0 saturated heterocycles. The number of hydrogen-bond donors (Lipinski definition) is 0. The fraction of sp³-hybridized carbons (Fsp3) is 0.188. The summed E-state index contributed by atoms with van der Waals surface area (Å²) in [4.78, 5) is 12.0. The predicted molar refractivity (Wildman–Crippen MR) is 84.6 cm³/mol. The normalized spacial score (nSPS) is 10.2. The molecule has 0 aliphatic heterocycles. The number of halogens is 1. The van der Waals surface area contributed by atoms with Crippen molar-refractivity contribution in [3.63, 3.8) is 0 Å². The summed E-state index contributed by atoms with van der Waals surface area (Å²) in [6, 6.07) is 15.7. The first kappa shape index (κ1) is 14.1. The first-order chi connectivity index (χ1) is 9.17. The molecule has 2 aromatic rings. The smallest absolute Gasteiger partial charge is 0.141 e. The van der Waals surface area contributed by atoms with Gasteiger partial charge in [0.15, 0.2) is 0 Å². The van der Waals surface area contributed by atoms with Gasteiger partial charge in [-0.15, -0.1) is 0 Å². The van der Waals surface area contributed by atoms with Crippen LogP contribution in [0, 0.1) is 3.57 Å². The fourth-order valence-corrected chi connectivity index (χ4v) is 2.22. The van der Waals surface area contributed by atoms with Gasteiger partial charge in [0.2, 0.25) is 0 Å². The number of methoxy groups -OCH3 is 1. The minimum Gasteiger partial charge on any atom is -0.497 e. The minimum absolute atomic E-state index is 0.228. The zero-order valence-corrected chi connectivity index (χ0v) is 12.9. The molecule has 0 aromatic heterocycles. The van der Waals surface area contributed by atoms with Gasteiger partial charge in [-0.1, -0.05) is 24.3 Å². The van der Waals surface area contributed by atoms with Gasteiger partial charge < -0.3 is 4.74 Å². The first-order valence-electron chi connectivity index (χ1n) is 6.06. The Morgan fingerprint density at radius 3 is 1.89 bits per heavy atom. The lowest BCUT2D eigenvalue weighted by Gasteiger charge is -2.04. The van der Waals surface area contributed by atoms with E-state index in [-0.39, 0.29) is 5.78 Å². The highest BCUT2D eigenvalue weighted by Gasteiger charge is 2.05. The van der Waals surface area contributed by atoms with Gasteiger partial charge in [0.25, 0.3) is 0 Å². The summed E-state index contributed by atoms with van der Waals surface area (Å²) in [6.07, 6.45) is 0.957. The maximum Gasteiger partial charge on any atom is 0.141 e. The van der Waals surface area contributed by atoms with E-state index in [1.165, 1.54) is 3.57 Å². The maximum absolute atomic E-state index is 12.0. The lowest BCUT2D eigenvalue weighted by molar-refractivity contribution is -0.117. The van der Waals surface area contributed by atoms with Crippen molar-refractivity contribution in [1.82, 2.24) is 0 Å². The second kappa shape index (κ2) is 6.70. The van der Waals surface area contributed by atoms with Crippen LogP contribution in [0.1, 0.15) is 11.1 Å². The fourth-order valence-electron chi connectivity index (χ4n) is 1.86. The Morgan fingerprint density at radius 2 is 1.42 bits per heavy atom. The van der Waals surface area contributed by atoms with Gasteiger partial charge >= 0.3 is 0 Å². The summed E-state index contributed by atoms with van der Waals surface area (Å²) in [7, 11) is 1.64. The number of Topliss-reactive ketones (excluding diaryl/α,β-unsaturated/α-hetero) is 1. The molecule has 0 spiro atoms. The number of carbonyl (C=O) groups excluding carboxylic acids is 1. The van der Waals surface area contributed by atoms with Crippen molar-refractivity contribution in [1.29, 1.82) is 0 Å². The molecular weight excluding hydrogens is 351 g/mol. The Hall–Kier alpha value is -1.36. The van der Waals surface area contributed by atoms with Crippen LogP contribution in [0.15, 0.2) is 48.5 Å². The average Bonchev–Trinajstić information content (AvgIpc) is 2.42. The second-order valence-corrected chi connectivity index (χ2v) is 5.61. The van der Waals surface area contributed by atoms with E-state index in [2.05, 4.69) is 22.6 Å². The average molecular weight is 366 g/mol. The SMILES string of the molecule is COc1ccc(CC(=O)Cc2ccc(I)cc2)cc1. The molecule has 0 bridgehead atoms. The van der Waals surface area contributed by atoms with Gasteiger partial charge in [-0.3, -0.25) is 4.79 Å². The van der Waals surface area contributed by atoms with Crippen molar-refractivity contribution >= 4 is 28.4 Å². The maximum atomic E-state index is 12.0. The molecule has 0 saturated carbocycles. The molecule has 0 fully saturated rings. The van der Waals surface area contributed by atoms with Gasteiger partial charge in [-0.25, -0.2) is 0 Å². The third kappa shape index (κ3) is 4.35. The number of ether oxygens (including phenoxy) is 1. The van der Waals surface area contributed by atoms with Crippen LogP contribution in [-0.2, 0) is 17.6 Å². The number of ketones is 1. The molecule has 0 heterocycles. The summed E-state index contributed by atoms with van der Waals surface area (Å²) < 4.78 is 6.28. The molecule has 98 valence electrons. The van der Waals surface area contributed by atoms with Gasteiger partial charge in [0.05, 0.1) is 7.11 Å². The molecular formula is C16H15IO2. The lowest BCUT2D eigenvalue weighted by atomic mass is 10.0. The Balaban J connectivity index is 1.95. The van der Waals surface area contributed by atoms with E-state index in [9.17, 15) is 4.79 Å². The third-order valence-electron chi connectivity index (χ3n) is 2.87. The zero-order valence-electron chi connectivity index (χ0n) is 10.7. The molecule has 3 heteroatoms. The van der Waals surface area contributed by atoms with Crippen LogP contribution in [0.5, 0.6) is 5.75 Å². The van der Waals surface area contributed by atoms with Gasteiger partial charge in [0.1, 0.15) is 11.5 Å². The Labute approximate surface area is 126 Å². The van der Waals surface area contributed by atoms with E-state index in [4.69, 9.17) is 4.74 Å². The lowest BCUT2D eigenvalue weighted by Crippen LogP contribution is -2.06. The molecule has 2 aromatic carbocycles.